The number of sulfone groups is 1. The summed E-state index contributed by atoms with van der Waals surface area (Å²) < 4.78 is 26.2. The third-order valence-electron chi connectivity index (χ3n) is 4.78. The van der Waals surface area contributed by atoms with Gasteiger partial charge in [-0.05, 0) is 42.5 Å². The predicted octanol–water partition coefficient (Wildman–Crippen LogP) is 2.43. The van der Waals surface area contributed by atoms with Gasteiger partial charge in [0.2, 0.25) is 15.8 Å². The van der Waals surface area contributed by atoms with Crippen LogP contribution in [0.1, 0.15) is 10.4 Å². The quantitative estimate of drug-likeness (QED) is 0.557. The number of hydrogen-bond donors (Lipinski definition) is 0. The second-order valence-electron chi connectivity index (χ2n) is 6.67. The Kier molecular flexibility index (Phi) is 5.78. The van der Waals surface area contributed by atoms with Crippen LogP contribution in [0.15, 0.2) is 75.4 Å². The van der Waals surface area contributed by atoms with E-state index < -0.39 is 9.84 Å². The fraction of sp³-hybridized carbons (Fsp3) is 0.200. The van der Waals surface area contributed by atoms with E-state index in [0.29, 0.717) is 37.7 Å². The van der Waals surface area contributed by atoms with E-state index in [1.54, 1.807) is 35.5 Å². The molecule has 1 saturated heterocycles. The van der Waals surface area contributed by atoms with E-state index in [2.05, 4.69) is 30.9 Å². The van der Waals surface area contributed by atoms with Gasteiger partial charge >= 0.3 is 0 Å². The van der Waals surface area contributed by atoms with Crippen LogP contribution in [0.2, 0.25) is 0 Å². The Morgan fingerprint density at radius 3 is 2.17 bits per heavy atom. The van der Waals surface area contributed by atoms with E-state index >= 15 is 0 Å². The number of aromatic nitrogens is 3. The average Bonchev–Trinajstić information content (AvgIpc) is 2.80. The Hall–Kier alpha value is -2.85. The van der Waals surface area contributed by atoms with Gasteiger partial charge in [0.15, 0.2) is 5.03 Å². The van der Waals surface area contributed by atoms with Crippen molar-refractivity contribution in [3.8, 4) is 0 Å². The Balaban J connectivity index is 1.44. The van der Waals surface area contributed by atoms with Gasteiger partial charge in [-0.1, -0.05) is 15.9 Å². The van der Waals surface area contributed by atoms with Crippen LogP contribution in [0.4, 0.5) is 5.95 Å². The summed E-state index contributed by atoms with van der Waals surface area (Å²) in [4.78, 5) is 29.2. The summed E-state index contributed by atoms with van der Waals surface area (Å²) in [5, 5.41) is -0.0904. The van der Waals surface area contributed by atoms with E-state index in [9.17, 15) is 13.2 Å². The van der Waals surface area contributed by atoms with Crippen LogP contribution in [0.25, 0.3) is 0 Å². The standard InChI is InChI=1S/C20H18BrN5O3S/c21-16-3-5-17(6-4-16)30(28,29)18-7-2-15(14-24-18)19(27)25-10-12-26(13-11-25)20-22-8-1-9-23-20/h1-9,14H,10-13H2. The molecule has 0 unspecified atom stereocenters. The number of amides is 1. The van der Waals surface area contributed by atoms with Gasteiger partial charge in [-0.25, -0.2) is 23.4 Å². The van der Waals surface area contributed by atoms with Gasteiger partial charge in [-0.2, -0.15) is 0 Å². The summed E-state index contributed by atoms with van der Waals surface area (Å²) in [5.74, 6) is 0.470. The van der Waals surface area contributed by atoms with Crippen molar-refractivity contribution < 1.29 is 13.2 Å². The number of anilines is 1. The summed E-state index contributed by atoms with van der Waals surface area (Å²) in [6.07, 6.45) is 4.70. The molecule has 1 aromatic carbocycles. The lowest BCUT2D eigenvalue weighted by Crippen LogP contribution is -2.49. The monoisotopic (exact) mass is 487 g/mol. The molecule has 1 fully saturated rings. The lowest BCUT2D eigenvalue weighted by Gasteiger charge is -2.34. The number of carbonyl (C=O) groups is 1. The average molecular weight is 488 g/mol. The number of rotatable bonds is 4. The second kappa shape index (κ2) is 8.49. The minimum atomic E-state index is -3.74. The molecule has 0 radical (unpaired) electrons. The van der Waals surface area contributed by atoms with Crippen molar-refractivity contribution in [3.63, 3.8) is 0 Å². The van der Waals surface area contributed by atoms with Crippen LogP contribution in [0.5, 0.6) is 0 Å². The molecule has 2 aromatic heterocycles. The summed E-state index contributed by atoms with van der Waals surface area (Å²) in [7, 11) is -3.74. The molecule has 30 heavy (non-hydrogen) atoms. The van der Waals surface area contributed by atoms with E-state index in [4.69, 9.17) is 0 Å². The summed E-state index contributed by atoms with van der Waals surface area (Å²) in [6, 6.07) is 11.0. The van der Waals surface area contributed by atoms with Crippen LogP contribution in [-0.2, 0) is 9.84 Å². The normalized spacial score (nSPS) is 14.6. The summed E-state index contributed by atoms with van der Waals surface area (Å²) >= 11 is 3.29. The summed E-state index contributed by atoms with van der Waals surface area (Å²) in [5.41, 5.74) is 0.356. The maximum Gasteiger partial charge on any atom is 0.255 e. The van der Waals surface area contributed by atoms with Crippen LogP contribution in [0, 0.1) is 0 Å². The molecule has 10 heteroatoms. The zero-order valence-electron chi connectivity index (χ0n) is 15.8. The Morgan fingerprint density at radius 2 is 1.57 bits per heavy atom. The van der Waals surface area contributed by atoms with Crippen LogP contribution in [0.3, 0.4) is 0 Å². The zero-order chi connectivity index (χ0) is 21.1. The number of benzene rings is 1. The fourth-order valence-electron chi connectivity index (χ4n) is 3.15. The minimum absolute atomic E-state index is 0.0904. The zero-order valence-corrected chi connectivity index (χ0v) is 18.3. The van der Waals surface area contributed by atoms with Gasteiger partial charge in [0.25, 0.3) is 5.91 Å². The van der Waals surface area contributed by atoms with Crippen molar-refractivity contribution in [1.82, 2.24) is 19.9 Å². The number of nitrogens with zero attached hydrogens (tertiary/aromatic N) is 5. The molecule has 0 atom stereocenters. The molecule has 8 nitrogen and oxygen atoms in total. The molecule has 1 amide bonds. The molecule has 0 aliphatic carbocycles. The Bertz CT molecular complexity index is 1130. The fourth-order valence-corrected chi connectivity index (χ4v) is 4.59. The smallest absolute Gasteiger partial charge is 0.255 e. The summed E-state index contributed by atoms with van der Waals surface area (Å²) in [6.45, 7) is 2.30. The van der Waals surface area contributed by atoms with Crippen molar-refractivity contribution in [3.05, 3.63) is 71.1 Å². The van der Waals surface area contributed by atoms with Crippen molar-refractivity contribution in [2.45, 2.75) is 9.92 Å². The Morgan fingerprint density at radius 1 is 0.900 bits per heavy atom. The number of hydrogen-bond acceptors (Lipinski definition) is 7. The molecule has 0 spiro atoms. The topological polar surface area (TPSA) is 96.4 Å². The van der Waals surface area contributed by atoms with E-state index in [0.717, 1.165) is 4.47 Å². The van der Waals surface area contributed by atoms with Crippen molar-refractivity contribution >= 4 is 37.6 Å². The molecule has 154 valence electrons. The van der Waals surface area contributed by atoms with Gasteiger partial charge in [0.05, 0.1) is 10.5 Å². The maximum absolute atomic E-state index is 12.8. The van der Waals surface area contributed by atoms with Gasteiger partial charge in [0.1, 0.15) is 0 Å². The van der Waals surface area contributed by atoms with E-state index in [1.807, 2.05) is 4.90 Å². The van der Waals surface area contributed by atoms with Gasteiger partial charge in [-0.3, -0.25) is 4.79 Å². The highest BCUT2D eigenvalue weighted by Gasteiger charge is 2.25. The number of halogens is 1. The minimum Gasteiger partial charge on any atom is -0.337 e. The highest BCUT2D eigenvalue weighted by atomic mass is 79.9. The molecule has 1 aliphatic rings. The molecule has 0 saturated carbocycles. The van der Waals surface area contributed by atoms with Crippen LogP contribution >= 0.6 is 15.9 Å². The highest BCUT2D eigenvalue weighted by molar-refractivity contribution is 9.10. The van der Waals surface area contributed by atoms with Gasteiger partial charge in [-0.15, -0.1) is 0 Å². The van der Waals surface area contributed by atoms with Crippen LogP contribution < -0.4 is 4.90 Å². The van der Waals surface area contributed by atoms with Crippen molar-refractivity contribution in [2.24, 2.45) is 0 Å². The largest absolute Gasteiger partial charge is 0.337 e. The Labute approximate surface area is 182 Å². The number of piperazine rings is 1. The first-order chi connectivity index (χ1) is 14.4. The number of pyridine rings is 1. The van der Waals surface area contributed by atoms with E-state index in [-0.39, 0.29) is 15.8 Å². The first kappa shape index (κ1) is 20.4. The molecular formula is C20H18BrN5O3S. The van der Waals surface area contributed by atoms with Crippen molar-refractivity contribution in [2.75, 3.05) is 31.1 Å². The predicted molar refractivity (Wildman–Crippen MR) is 114 cm³/mol. The first-order valence-corrected chi connectivity index (χ1v) is 11.5. The molecule has 0 bridgehead atoms. The SMILES string of the molecule is O=C(c1ccc(S(=O)(=O)c2ccc(Br)cc2)nc1)N1CCN(c2ncccn2)CC1. The molecule has 3 aromatic rings. The maximum atomic E-state index is 12.8. The molecular weight excluding hydrogens is 470 g/mol. The second-order valence-corrected chi connectivity index (χ2v) is 9.48. The van der Waals surface area contributed by atoms with Gasteiger partial charge < -0.3 is 9.80 Å². The molecule has 0 N–H and O–H groups in total. The van der Waals surface area contributed by atoms with Gasteiger partial charge in [0, 0.05) is 49.2 Å². The van der Waals surface area contributed by atoms with Crippen molar-refractivity contribution in [1.29, 1.82) is 0 Å². The molecule has 4 rings (SSSR count). The number of carbonyl (C=O) groups excluding carboxylic acids is 1. The lowest BCUT2D eigenvalue weighted by molar-refractivity contribution is 0.0745. The third-order valence-corrected chi connectivity index (χ3v) is 7.00. The lowest BCUT2D eigenvalue weighted by atomic mass is 10.2. The van der Waals surface area contributed by atoms with E-state index in [1.165, 1.54) is 30.5 Å². The highest BCUT2D eigenvalue weighted by Crippen LogP contribution is 2.22. The third kappa shape index (κ3) is 4.19. The molecule has 3 heterocycles. The molecule has 1 aliphatic heterocycles. The van der Waals surface area contributed by atoms with Crippen LogP contribution in [-0.4, -0.2) is 60.4 Å². The first-order valence-electron chi connectivity index (χ1n) is 9.23.